The van der Waals surface area contributed by atoms with Crippen LogP contribution in [0, 0.1) is 0 Å². The van der Waals surface area contributed by atoms with Crippen LogP contribution in [0.25, 0.3) is 0 Å². The van der Waals surface area contributed by atoms with Gasteiger partial charge in [-0.05, 0) is 24.8 Å². The van der Waals surface area contributed by atoms with Gasteiger partial charge in [-0.15, -0.1) is 0 Å². The molecule has 1 aliphatic carbocycles. The number of amidine groups is 1. The van der Waals surface area contributed by atoms with E-state index in [1.807, 2.05) is 0 Å². The lowest BCUT2D eigenvalue weighted by atomic mass is 10.1. The number of rotatable bonds is 4. The number of anilines is 1. The molecule has 1 atom stereocenters. The first-order chi connectivity index (χ1) is 12.8. The fraction of sp³-hybridized carbons (Fsp3) is 0.524. The predicted molar refractivity (Wildman–Crippen MR) is 105 cm³/mol. The van der Waals surface area contributed by atoms with Crippen LogP contribution in [0.5, 0.6) is 0 Å². The highest BCUT2D eigenvalue weighted by Gasteiger charge is 2.39. The maximum Gasteiger partial charge on any atom is 0.159 e. The summed E-state index contributed by atoms with van der Waals surface area (Å²) in [5, 5.41) is 0. The van der Waals surface area contributed by atoms with Gasteiger partial charge in [-0.2, -0.15) is 0 Å². The first kappa shape index (κ1) is 15.9. The van der Waals surface area contributed by atoms with Crippen LogP contribution in [0.4, 0.5) is 5.82 Å². The zero-order valence-electron chi connectivity index (χ0n) is 15.5. The van der Waals surface area contributed by atoms with Gasteiger partial charge in [0.05, 0.1) is 19.3 Å². The van der Waals surface area contributed by atoms with Crippen molar-refractivity contribution in [1.82, 2.24) is 14.9 Å². The lowest BCUT2D eigenvalue weighted by Gasteiger charge is -2.38. The predicted octanol–water partition coefficient (Wildman–Crippen LogP) is 4.06. The van der Waals surface area contributed by atoms with Crippen LogP contribution in [0.1, 0.15) is 68.1 Å². The number of nitrogens with one attached hydrogen (secondary N) is 1. The van der Waals surface area contributed by atoms with Crippen molar-refractivity contribution in [3.8, 4) is 0 Å². The minimum Gasteiger partial charge on any atom is -0.337 e. The standard InChI is InChI=1S/C21H27N5/c1-2-12-25-14-26-17(15-8-4-3-5-9-15)13-22-20(26)18-21(25)24-19(23-18)16-10-6-7-11-16/h3-5,8-9,16-17H,2,6-7,10-14H2,1H3,(H,23,24). The van der Waals surface area contributed by atoms with Gasteiger partial charge >= 0.3 is 0 Å². The fourth-order valence-corrected chi connectivity index (χ4v) is 4.72. The molecule has 26 heavy (non-hydrogen) atoms. The van der Waals surface area contributed by atoms with Crippen LogP contribution >= 0.6 is 0 Å². The summed E-state index contributed by atoms with van der Waals surface area (Å²) in [5.74, 6) is 4.01. The van der Waals surface area contributed by atoms with E-state index in [1.165, 1.54) is 37.1 Å². The van der Waals surface area contributed by atoms with Gasteiger partial charge in [-0.3, -0.25) is 4.99 Å². The highest BCUT2D eigenvalue weighted by molar-refractivity contribution is 6.04. The number of H-pyrrole nitrogens is 1. The Labute approximate surface area is 155 Å². The number of aromatic nitrogens is 2. The lowest BCUT2D eigenvalue weighted by molar-refractivity contribution is 0.339. The third-order valence-electron chi connectivity index (χ3n) is 6.03. The van der Waals surface area contributed by atoms with E-state index < -0.39 is 0 Å². The Morgan fingerprint density at radius 3 is 2.73 bits per heavy atom. The molecule has 1 unspecified atom stereocenters. The van der Waals surface area contributed by atoms with Crippen molar-refractivity contribution in [2.45, 2.75) is 51.0 Å². The molecule has 0 saturated heterocycles. The Hall–Kier alpha value is -2.30. The first-order valence-electron chi connectivity index (χ1n) is 10.1. The van der Waals surface area contributed by atoms with Gasteiger partial charge in [0.2, 0.25) is 0 Å². The molecule has 3 aliphatic rings. The summed E-state index contributed by atoms with van der Waals surface area (Å²) < 4.78 is 0. The molecule has 1 fully saturated rings. The van der Waals surface area contributed by atoms with Gasteiger partial charge in [-0.25, -0.2) is 4.98 Å². The SMILES string of the molecule is CCCN1CN2C(=NCC2c2ccccc2)c2[nH]c(C3CCCC3)nc21. The number of fused-ring (bicyclic) bond motifs is 3. The molecule has 5 nitrogen and oxygen atoms in total. The van der Waals surface area contributed by atoms with E-state index >= 15 is 0 Å². The van der Waals surface area contributed by atoms with Crippen LogP contribution in [-0.4, -0.2) is 40.5 Å². The van der Waals surface area contributed by atoms with E-state index in [4.69, 9.17) is 9.98 Å². The number of hydrogen-bond donors (Lipinski definition) is 1. The fourth-order valence-electron chi connectivity index (χ4n) is 4.72. The Morgan fingerprint density at radius 2 is 1.96 bits per heavy atom. The quantitative estimate of drug-likeness (QED) is 0.905. The van der Waals surface area contributed by atoms with Gasteiger partial charge in [0, 0.05) is 12.5 Å². The molecular formula is C21H27N5. The Bertz CT molecular complexity index is 803. The van der Waals surface area contributed by atoms with Gasteiger partial charge in [0.15, 0.2) is 11.7 Å². The van der Waals surface area contributed by atoms with Gasteiger partial charge in [0.1, 0.15) is 11.5 Å². The van der Waals surface area contributed by atoms with E-state index in [9.17, 15) is 0 Å². The Kier molecular flexibility index (Phi) is 3.95. The summed E-state index contributed by atoms with van der Waals surface area (Å²) in [6, 6.07) is 11.1. The van der Waals surface area contributed by atoms with Crippen LogP contribution in [0.2, 0.25) is 0 Å². The average molecular weight is 349 g/mol. The van der Waals surface area contributed by atoms with Crippen molar-refractivity contribution in [2.24, 2.45) is 4.99 Å². The molecule has 1 saturated carbocycles. The molecular weight excluding hydrogens is 322 g/mol. The Morgan fingerprint density at radius 1 is 1.15 bits per heavy atom. The van der Waals surface area contributed by atoms with Crippen molar-refractivity contribution >= 4 is 11.7 Å². The van der Waals surface area contributed by atoms with E-state index in [0.29, 0.717) is 12.0 Å². The monoisotopic (exact) mass is 349 g/mol. The van der Waals surface area contributed by atoms with E-state index in [-0.39, 0.29) is 0 Å². The van der Waals surface area contributed by atoms with Crippen molar-refractivity contribution in [2.75, 3.05) is 24.7 Å². The van der Waals surface area contributed by atoms with Gasteiger partial charge in [0.25, 0.3) is 0 Å². The number of benzene rings is 1. The van der Waals surface area contributed by atoms with Crippen molar-refractivity contribution < 1.29 is 0 Å². The average Bonchev–Trinajstić information content (AvgIpc) is 3.40. The molecule has 1 N–H and O–H groups in total. The smallest absolute Gasteiger partial charge is 0.159 e. The van der Waals surface area contributed by atoms with Crippen molar-refractivity contribution in [3.05, 3.63) is 47.4 Å². The normalized spacial score (nSPS) is 22.5. The maximum atomic E-state index is 5.05. The zero-order valence-corrected chi connectivity index (χ0v) is 15.5. The van der Waals surface area contributed by atoms with Gasteiger partial charge in [-0.1, -0.05) is 50.1 Å². The number of nitrogens with zero attached hydrogens (tertiary/aromatic N) is 4. The molecule has 0 radical (unpaired) electrons. The molecule has 2 aliphatic heterocycles. The van der Waals surface area contributed by atoms with E-state index in [2.05, 4.69) is 52.0 Å². The first-order valence-corrected chi connectivity index (χ1v) is 10.1. The second-order valence-electron chi connectivity index (χ2n) is 7.77. The summed E-state index contributed by atoms with van der Waals surface area (Å²) in [6.45, 7) is 4.99. The van der Waals surface area contributed by atoms with Crippen molar-refractivity contribution in [3.63, 3.8) is 0 Å². The third-order valence-corrected chi connectivity index (χ3v) is 6.03. The molecule has 3 heterocycles. The highest BCUT2D eigenvalue weighted by atomic mass is 15.4. The molecule has 136 valence electrons. The molecule has 5 heteroatoms. The molecule has 0 bridgehead atoms. The Balaban J connectivity index is 1.51. The van der Waals surface area contributed by atoms with Gasteiger partial charge < -0.3 is 14.8 Å². The number of aromatic amines is 1. The zero-order chi connectivity index (χ0) is 17.5. The molecule has 1 aromatic carbocycles. The van der Waals surface area contributed by atoms with Crippen molar-refractivity contribution in [1.29, 1.82) is 0 Å². The van der Waals surface area contributed by atoms with E-state index in [0.717, 1.165) is 43.5 Å². The maximum absolute atomic E-state index is 5.05. The number of imidazole rings is 1. The second-order valence-corrected chi connectivity index (χ2v) is 7.77. The van der Waals surface area contributed by atoms with E-state index in [1.54, 1.807) is 0 Å². The minimum absolute atomic E-state index is 0.330. The largest absolute Gasteiger partial charge is 0.337 e. The number of aliphatic imine (C=N–C) groups is 1. The summed E-state index contributed by atoms with van der Waals surface area (Å²) in [5.41, 5.74) is 2.49. The topological polar surface area (TPSA) is 47.5 Å². The summed E-state index contributed by atoms with van der Waals surface area (Å²) in [4.78, 5) is 18.6. The van der Waals surface area contributed by atoms with Crippen LogP contribution in [0.3, 0.4) is 0 Å². The lowest BCUT2D eigenvalue weighted by Crippen LogP contribution is -2.46. The molecule has 0 spiro atoms. The summed E-state index contributed by atoms with van der Waals surface area (Å²) >= 11 is 0. The second kappa shape index (κ2) is 6.45. The molecule has 1 aromatic heterocycles. The molecule has 2 aromatic rings. The summed E-state index contributed by atoms with van der Waals surface area (Å²) in [6.07, 6.45) is 6.32. The van der Waals surface area contributed by atoms with Crippen LogP contribution in [0.15, 0.2) is 35.3 Å². The highest BCUT2D eigenvalue weighted by Crippen LogP contribution is 2.39. The van der Waals surface area contributed by atoms with Crippen LogP contribution in [-0.2, 0) is 0 Å². The number of hydrogen-bond acceptors (Lipinski definition) is 4. The third kappa shape index (κ3) is 2.52. The van der Waals surface area contributed by atoms with Crippen LogP contribution < -0.4 is 4.90 Å². The molecule has 5 rings (SSSR count). The summed E-state index contributed by atoms with van der Waals surface area (Å²) in [7, 11) is 0. The minimum atomic E-state index is 0.330. The molecule has 0 amide bonds.